The van der Waals surface area contributed by atoms with E-state index in [4.69, 9.17) is 9.73 Å². The number of benzene rings is 4. The summed E-state index contributed by atoms with van der Waals surface area (Å²) in [4.78, 5) is 19.7. The summed E-state index contributed by atoms with van der Waals surface area (Å²) in [5, 5.41) is 0. The van der Waals surface area contributed by atoms with Gasteiger partial charge in [-0.05, 0) is 58.9 Å². The number of allylic oxidation sites excluding steroid dienone is 1. The van der Waals surface area contributed by atoms with Gasteiger partial charge in [0.1, 0.15) is 12.4 Å². The van der Waals surface area contributed by atoms with E-state index in [0.29, 0.717) is 11.1 Å². The van der Waals surface area contributed by atoms with E-state index in [2.05, 4.69) is 36.4 Å². The van der Waals surface area contributed by atoms with Gasteiger partial charge in [0.2, 0.25) is 0 Å². The molecule has 1 atom stereocenters. The van der Waals surface area contributed by atoms with Crippen LogP contribution in [0.2, 0.25) is 0 Å². The number of fused-ring (bicyclic) bond motifs is 3. The molecule has 0 radical (unpaired) electrons. The lowest BCUT2D eigenvalue weighted by Gasteiger charge is -2.30. The molecule has 7 rings (SSSR count). The first-order valence-electron chi connectivity index (χ1n) is 13.2. The quantitative estimate of drug-likeness (QED) is 0.286. The highest BCUT2D eigenvalue weighted by atomic mass is 32.1. The molecule has 2 aliphatic rings. The molecule has 5 heteroatoms. The first-order valence-corrected chi connectivity index (χ1v) is 14.0. The minimum atomic E-state index is -0.151. The Bertz CT molecular complexity index is 1870. The second-order valence-corrected chi connectivity index (χ2v) is 10.9. The molecule has 4 nitrogen and oxygen atoms in total. The summed E-state index contributed by atoms with van der Waals surface area (Å²) in [6, 6.07) is 36.7. The molecule has 1 aromatic heterocycles. The molecule has 0 spiro atoms. The van der Waals surface area contributed by atoms with Crippen molar-refractivity contribution in [2.24, 2.45) is 4.99 Å². The van der Waals surface area contributed by atoms with E-state index in [0.717, 1.165) is 45.8 Å². The summed E-state index contributed by atoms with van der Waals surface area (Å²) in [6.45, 7) is 0.520. The van der Waals surface area contributed by atoms with E-state index < -0.39 is 0 Å². The number of rotatable bonds is 5. The van der Waals surface area contributed by atoms with Crippen molar-refractivity contribution in [2.45, 2.75) is 25.5 Å². The number of thiazole rings is 1. The number of aromatic nitrogens is 1. The molecular formula is C34H26N2O2S. The van der Waals surface area contributed by atoms with Crippen LogP contribution in [0.5, 0.6) is 5.75 Å². The van der Waals surface area contributed by atoms with Gasteiger partial charge in [-0.1, -0.05) is 108 Å². The summed E-state index contributed by atoms with van der Waals surface area (Å²) in [5.41, 5.74) is 7.95. The van der Waals surface area contributed by atoms with Crippen molar-refractivity contribution in [3.63, 3.8) is 0 Å². The van der Waals surface area contributed by atoms with Crippen LogP contribution in [0.15, 0.2) is 125 Å². The molecule has 1 aliphatic carbocycles. The van der Waals surface area contributed by atoms with Crippen LogP contribution in [-0.2, 0) is 13.0 Å². The lowest BCUT2D eigenvalue weighted by Crippen LogP contribution is -2.38. The first-order chi connectivity index (χ1) is 19.2. The summed E-state index contributed by atoms with van der Waals surface area (Å²) >= 11 is 1.46. The van der Waals surface area contributed by atoms with Crippen molar-refractivity contribution in [2.75, 3.05) is 0 Å². The molecule has 0 unspecified atom stereocenters. The number of hydrogen-bond acceptors (Lipinski definition) is 4. The normalized spacial score (nSPS) is 16.2. The molecule has 39 heavy (non-hydrogen) atoms. The number of nitrogens with zero attached hydrogens (tertiary/aromatic N) is 2. The second kappa shape index (κ2) is 10.0. The van der Waals surface area contributed by atoms with E-state index in [9.17, 15) is 4.79 Å². The molecule has 0 N–H and O–H groups in total. The highest BCUT2D eigenvalue weighted by Crippen LogP contribution is 2.41. The van der Waals surface area contributed by atoms with E-state index in [1.54, 1.807) is 0 Å². The molecule has 4 aromatic carbocycles. The Morgan fingerprint density at radius 1 is 0.846 bits per heavy atom. The topological polar surface area (TPSA) is 43.6 Å². The minimum absolute atomic E-state index is 0.00224. The van der Waals surface area contributed by atoms with Crippen LogP contribution in [0.1, 0.15) is 40.3 Å². The van der Waals surface area contributed by atoms with Gasteiger partial charge in [0.15, 0.2) is 4.80 Å². The van der Waals surface area contributed by atoms with Crippen molar-refractivity contribution >= 4 is 23.1 Å². The van der Waals surface area contributed by atoms with Crippen LogP contribution >= 0.6 is 11.3 Å². The standard InChI is InChI=1S/C34H26N2O2S/c37-33-30(21-23-15-18-27(19-16-23)38-22-24-9-3-1-4-10-24)39-34-35-31-28-14-8-7-11-25(28)17-20-29(31)32(36(33)34)26-12-5-2-6-13-26/h1-16,18-19,21,32H,17,20,22H2/b30-21-/t32-/m1/s1. The monoisotopic (exact) mass is 526 g/mol. The van der Waals surface area contributed by atoms with Gasteiger partial charge in [0.05, 0.1) is 16.3 Å². The smallest absolute Gasteiger partial charge is 0.271 e. The Hall–Kier alpha value is -4.48. The lowest BCUT2D eigenvalue weighted by atomic mass is 9.83. The highest BCUT2D eigenvalue weighted by Gasteiger charge is 2.32. The fraction of sp³-hybridized carbons (Fsp3) is 0.118. The van der Waals surface area contributed by atoms with Crippen LogP contribution in [0.25, 0.3) is 11.8 Å². The SMILES string of the molecule is O=c1/c(=C/c2ccc(OCc3ccccc3)cc2)sc2n1[C@H](c1ccccc1)C1=C(N=2)c2ccccc2CC1. The van der Waals surface area contributed by atoms with Crippen molar-refractivity contribution < 1.29 is 4.74 Å². The third-order valence-electron chi connectivity index (χ3n) is 7.41. The molecule has 5 aromatic rings. The Labute approximate surface area is 230 Å². The molecule has 0 amide bonds. The van der Waals surface area contributed by atoms with Crippen molar-refractivity contribution in [1.29, 1.82) is 0 Å². The molecule has 190 valence electrons. The largest absolute Gasteiger partial charge is 0.489 e. The Morgan fingerprint density at radius 2 is 1.56 bits per heavy atom. The highest BCUT2D eigenvalue weighted by molar-refractivity contribution is 7.07. The van der Waals surface area contributed by atoms with Gasteiger partial charge in [-0.15, -0.1) is 0 Å². The van der Waals surface area contributed by atoms with E-state index in [1.165, 1.54) is 28.0 Å². The Morgan fingerprint density at radius 3 is 2.36 bits per heavy atom. The van der Waals surface area contributed by atoms with E-state index in [-0.39, 0.29) is 11.6 Å². The van der Waals surface area contributed by atoms with Crippen LogP contribution < -0.4 is 19.6 Å². The Balaban J connectivity index is 1.28. The average molecular weight is 527 g/mol. The van der Waals surface area contributed by atoms with Gasteiger partial charge < -0.3 is 4.74 Å². The third kappa shape index (κ3) is 4.45. The Kier molecular flexibility index (Phi) is 6.06. The lowest BCUT2D eigenvalue weighted by molar-refractivity contribution is 0.306. The first kappa shape index (κ1) is 23.6. The van der Waals surface area contributed by atoms with Crippen molar-refractivity contribution in [3.8, 4) is 5.75 Å². The van der Waals surface area contributed by atoms with Crippen molar-refractivity contribution in [3.05, 3.63) is 162 Å². The zero-order valence-corrected chi connectivity index (χ0v) is 22.1. The summed E-state index contributed by atoms with van der Waals surface area (Å²) in [5.74, 6) is 0.799. The fourth-order valence-electron chi connectivity index (χ4n) is 5.51. The molecule has 0 saturated heterocycles. The van der Waals surface area contributed by atoms with Gasteiger partial charge in [-0.3, -0.25) is 9.36 Å². The fourth-order valence-corrected chi connectivity index (χ4v) is 6.51. The van der Waals surface area contributed by atoms with Gasteiger partial charge in [-0.25, -0.2) is 4.99 Å². The summed E-state index contributed by atoms with van der Waals surface area (Å²) in [6.07, 6.45) is 3.81. The van der Waals surface area contributed by atoms with Crippen molar-refractivity contribution in [1.82, 2.24) is 4.57 Å². The van der Waals surface area contributed by atoms with Gasteiger partial charge in [0.25, 0.3) is 5.56 Å². The summed E-state index contributed by atoms with van der Waals surface area (Å²) < 4.78 is 8.52. The van der Waals surface area contributed by atoms with E-state index in [1.807, 2.05) is 83.4 Å². The van der Waals surface area contributed by atoms with Crippen LogP contribution in [0, 0.1) is 0 Å². The average Bonchev–Trinajstić information content (AvgIpc) is 3.30. The van der Waals surface area contributed by atoms with Gasteiger partial charge >= 0.3 is 0 Å². The van der Waals surface area contributed by atoms with Gasteiger partial charge in [-0.2, -0.15) is 0 Å². The molecular weight excluding hydrogens is 500 g/mol. The zero-order chi connectivity index (χ0) is 26.2. The maximum absolute atomic E-state index is 13.9. The third-order valence-corrected chi connectivity index (χ3v) is 8.40. The minimum Gasteiger partial charge on any atom is -0.489 e. The van der Waals surface area contributed by atoms with Crippen LogP contribution in [-0.4, -0.2) is 4.57 Å². The number of hydrogen-bond donors (Lipinski definition) is 0. The molecule has 1 aliphatic heterocycles. The predicted molar refractivity (Wildman–Crippen MR) is 156 cm³/mol. The predicted octanol–water partition coefficient (Wildman–Crippen LogP) is 5.90. The van der Waals surface area contributed by atoms with Crippen LogP contribution in [0.3, 0.4) is 0 Å². The second-order valence-electron chi connectivity index (χ2n) is 9.87. The van der Waals surface area contributed by atoms with Crippen LogP contribution in [0.4, 0.5) is 0 Å². The molecule has 0 bridgehead atoms. The van der Waals surface area contributed by atoms with Gasteiger partial charge in [0, 0.05) is 5.56 Å². The number of aryl methyl sites for hydroxylation is 1. The molecule has 0 fully saturated rings. The maximum atomic E-state index is 13.9. The number of ether oxygens (including phenoxy) is 1. The maximum Gasteiger partial charge on any atom is 0.271 e. The molecule has 2 heterocycles. The van der Waals surface area contributed by atoms with E-state index >= 15 is 0 Å². The molecule has 0 saturated carbocycles. The summed E-state index contributed by atoms with van der Waals surface area (Å²) in [7, 11) is 0. The zero-order valence-electron chi connectivity index (χ0n) is 21.3.